The average Bonchev–Trinajstić information content (AvgIpc) is 3.65. The van der Waals surface area contributed by atoms with E-state index in [1.807, 2.05) is 91.3 Å². The molecule has 6 rings (SSSR count). The Balaban J connectivity index is 1.34. The summed E-state index contributed by atoms with van der Waals surface area (Å²) in [4.78, 5) is 20.6. The zero-order chi connectivity index (χ0) is 23.6. The first-order valence-electron chi connectivity index (χ1n) is 11.9. The van der Waals surface area contributed by atoms with Crippen molar-refractivity contribution in [2.45, 2.75) is 12.8 Å². The van der Waals surface area contributed by atoms with Crippen molar-refractivity contribution in [2.24, 2.45) is 5.92 Å². The van der Waals surface area contributed by atoms with Crippen molar-refractivity contribution in [3.05, 3.63) is 103 Å². The summed E-state index contributed by atoms with van der Waals surface area (Å²) in [6, 6.07) is 27.6. The van der Waals surface area contributed by atoms with Crippen molar-refractivity contribution in [3.8, 4) is 33.8 Å². The van der Waals surface area contributed by atoms with E-state index in [-0.39, 0.29) is 5.91 Å². The van der Waals surface area contributed by atoms with Gasteiger partial charge in [-0.05, 0) is 60.7 Å². The van der Waals surface area contributed by atoms with Crippen molar-refractivity contribution in [1.29, 1.82) is 0 Å². The van der Waals surface area contributed by atoms with Crippen molar-refractivity contribution in [1.82, 2.24) is 15.3 Å². The Hall–Kier alpha value is -4.38. The molecule has 2 N–H and O–H groups in total. The largest absolute Gasteiger partial charge is 0.457 e. The standard InChI is InChI=1S/C30H25N3O2/c34-30(33-17-20-13-14-20)22-8-6-7-21(15-22)27-19-32-29-26(27)16-23(18-31-29)25-11-4-5-12-28(25)35-24-9-2-1-3-10-24/h1-12,15-16,18-20H,13-14,17H2,(H,31,32)(H,33,34). The molecule has 0 aliphatic heterocycles. The molecule has 0 saturated heterocycles. The Morgan fingerprint density at radius 3 is 2.60 bits per heavy atom. The molecule has 3 aromatic carbocycles. The van der Waals surface area contributed by atoms with E-state index in [0.717, 1.165) is 51.3 Å². The fraction of sp³-hybridized carbons (Fsp3) is 0.133. The quantitative estimate of drug-likeness (QED) is 0.280. The molecule has 1 saturated carbocycles. The van der Waals surface area contributed by atoms with Crippen LogP contribution in [0.15, 0.2) is 97.3 Å². The van der Waals surface area contributed by atoms with Gasteiger partial charge in [-0.2, -0.15) is 0 Å². The number of nitrogens with one attached hydrogen (secondary N) is 2. The molecular weight excluding hydrogens is 434 g/mol. The first kappa shape index (κ1) is 21.2. The maximum atomic E-state index is 12.6. The number of hydrogen-bond acceptors (Lipinski definition) is 3. The minimum atomic E-state index is -0.0237. The molecule has 2 aromatic heterocycles. The summed E-state index contributed by atoms with van der Waals surface area (Å²) in [5.41, 5.74) is 5.38. The van der Waals surface area contributed by atoms with Crippen molar-refractivity contribution in [2.75, 3.05) is 6.54 Å². The summed E-state index contributed by atoms with van der Waals surface area (Å²) in [7, 11) is 0. The zero-order valence-electron chi connectivity index (χ0n) is 19.2. The Labute approximate surface area is 203 Å². The van der Waals surface area contributed by atoms with Crippen LogP contribution in [-0.2, 0) is 0 Å². The molecule has 5 nitrogen and oxygen atoms in total. The lowest BCUT2D eigenvalue weighted by molar-refractivity contribution is 0.0952. The van der Waals surface area contributed by atoms with Crippen molar-refractivity contribution < 1.29 is 9.53 Å². The van der Waals surface area contributed by atoms with Crippen LogP contribution in [0.1, 0.15) is 23.2 Å². The van der Waals surface area contributed by atoms with Crippen LogP contribution in [0.2, 0.25) is 0 Å². The molecule has 172 valence electrons. The van der Waals surface area contributed by atoms with Crippen LogP contribution in [0.3, 0.4) is 0 Å². The second-order valence-electron chi connectivity index (χ2n) is 8.97. The SMILES string of the molecule is O=C(NCC1CC1)c1cccc(-c2c[nH]c3ncc(-c4ccccc4Oc4ccccc4)cc23)c1. The number of benzene rings is 3. The first-order chi connectivity index (χ1) is 17.2. The van der Waals surface area contributed by atoms with Gasteiger partial charge in [0.15, 0.2) is 0 Å². The number of hydrogen-bond donors (Lipinski definition) is 2. The van der Waals surface area contributed by atoms with Gasteiger partial charge >= 0.3 is 0 Å². The Morgan fingerprint density at radius 1 is 0.914 bits per heavy atom. The predicted octanol–water partition coefficient (Wildman–Crippen LogP) is 6.83. The molecule has 0 bridgehead atoms. The summed E-state index contributed by atoms with van der Waals surface area (Å²) in [6.45, 7) is 0.758. The highest BCUT2D eigenvalue weighted by Gasteiger charge is 2.22. The third kappa shape index (κ3) is 4.53. The molecule has 5 aromatic rings. The number of aromatic amines is 1. The zero-order valence-corrected chi connectivity index (χ0v) is 19.2. The van der Waals surface area contributed by atoms with E-state index < -0.39 is 0 Å². The Kier molecular flexibility index (Phi) is 5.51. The summed E-state index contributed by atoms with van der Waals surface area (Å²) in [5.74, 6) is 2.18. The average molecular weight is 460 g/mol. The number of pyridine rings is 1. The summed E-state index contributed by atoms with van der Waals surface area (Å²) in [5, 5.41) is 4.05. The lowest BCUT2D eigenvalue weighted by atomic mass is 10.0. The summed E-state index contributed by atoms with van der Waals surface area (Å²) in [6.07, 6.45) is 6.24. The minimum Gasteiger partial charge on any atom is -0.457 e. The van der Waals surface area contributed by atoms with Crippen LogP contribution in [0.5, 0.6) is 11.5 Å². The molecule has 0 atom stereocenters. The van der Waals surface area contributed by atoms with E-state index in [2.05, 4.69) is 21.4 Å². The highest BCUT2D eigenvalue weighted by atomic mass is 16.5. The van der Waals surface area contributed by atoms with E-state index in [1.54, 1.807) is 0 Å². The lowest BCUT2D eigenvalue weighted by Gasteiger charge is -2.11. The predicted molar refractivity (Wildman–Crippen MR) is 139 cm³/mol. The van der Waals surface area contributed by atoms with Crippen LogP contribution < -0.4 is 10.1 Å². The minimum absolute atomic E-state index is 0.0237. The van der Waals surface area contributed by atoms with Gasteiger partial charge in [0.2, 0.25) is 0 Å². The second kappa shape index (κ2) is 9.11. The molecule has 35 heavy (non-hydrogen) atoms. The third-order valence-electron chi connectivity index (χ3n) is 6.38. The Morgan fingerprint density at radius 2 is 1.74 bits per heavy atom. The third-order valence-corrected chi connectivity index (χ3v) is 6.38. The van der Waals surface area contributed by atoms with E-state index in [9.17, 15) is 4.79 Å². The first-order valence-corrected chi connectivity index (χ1v) is 11.9. The van der Waals surface area contributed by atoms with Gasteiger partial charge in [-0.25, -0.2) is 4.98 Å². The molecule has 0 unspecified atom stereocenters. The van der Waals surface area contributed by atoms with Crippen LogP contribution >= 0.6 is 0 Å². The van der Waals surface area contributed by atoms with Crippen LogP contribution in [-0.4, -0.2) is 22.4 Å². The number of amides is 1. The molecule has 1 aliphatic carbocycles. The highest BCUT2D eigenvalue weighted by Crippen LogP contribution is 2.36. The van der Waals surface area contributed by atoms with Gasteiger partial charge in [-0.1, -0.05) is 48.5 Å². The normalized spacial score (nSPS) is 13.0. The van der Waals surface area contributed by atoms with Gasteiger partial charge < -0.3 is 15.0 Å². The van der Waals surface area contributed by atoms with Gasteiger partial charge in [-0.3, -0.25) is 4.79 Å². The fourth-order valence-corrected chi connectivity index (χ4v) is 4.29. The molecule has 1 aliphatic rings. The molecule has 1 amide bonds. The van der Waals surface area contributed by atoms with E-state index in [1.165, 1.54) is 12.8 Å². The van der Waals surface area contributed by atoms with Crippen LogP contribution in [0.25, 0.3) is 33.3 Å². The number of carbonyl (C=O) groups excluding carboxylic acids is 1. The van der Waals surface area contributed by atoms with Gasteiger partial charge in [0.05, 0.1) is 0 Å². The van der Waals surface area contributed by atoms with E-state index in [0.29, 0.717) is 11.5 Å². The van der Waals surface area contributed by atoms with Crippen LogP contribution in [0, 0.1) is 5.92 Å². The van der Waals surface area contributed by atoms with E-state index in [4.69, 9.17) is 4.74 Å². The Bertz CT molecular complexity index is 1500. The lowest BCUT2D eigenvalue weighted by Crippen LogP contribution is -2.25. The van der Waals surface area contributed by atoms with Gasteiger partial charge in [0.25, 0.3) is 5.91 Å². The second-order valence-corrected chi connectivity index (χ2v) is 8.97. The fourth-order valence-electron chi connectivity index (χ4n) is 4.29. The number of carbonyl (C=O) groups is 1. The molecule has 0 radical (unpaired) electrons. The topological polar surface area (TPSA) is 67.0 Å². The summed E-state index contributed by atoms with van der Waals surface area (Å²) >= 11 is 0. The van der Waals surface area contributed by atoms with Gasteiger partial charge in [0.1, 0.15) is 17.1 Å². The van der Waals surface area contributed by atoms with Crippen molar-refractivity contribution >= 4 is 16.9 Å². The van der Waals surface area contributed by atoms with Crippen LogP contribution in [0.4, 0.5) is 0 Å². The van der Waals surface area contributed by atoms with E-state index >= 15 is 0 Å². The molecular formula is C30H25N3O2. The van der Waals surface area contributed by atoms with Crippen molar-refractivity contribution in [3.63, 3.8) is 0 Å². The highest BCUT2D eigenvalue weighted by molar-refractivity contribution is 5.99. The number of nitrogens with zero attached hydrogens (tertiary/aromatic N) is 1. The maximum absolute atomic E-state index is 12.6. The molecule has 2 heterocycles. The number of rotatable bonds is 7. The number of para-hydroxylation sites is 2. The van der Waals surface area contributed by atoms with Gasteiger partial charge in [0, 0.05) is 46.6 Å². The van der Waals surface area contributed by atoms with Gasteiger partial charge in [-0.15, -0.1) is 0 Å². The molecule has 5 heteroatoms. The number of H-pyrrole nitrogens is 1. The monoisotopic (exact) mass is 459 g/mol. The summed E-state index contributed by atoms with van der Waals surface area (Å²) < 4.78 is 6.18. The smallest absolute Gasteiger partial charge is 0.251 e. The maximum Gasteiger partial charge on any atom is 0.251 e. The number of aromatic nitrogens is 2. The molecule has 0 spiro atoms. The number of fused-ring (bicyclic) bond motifs is 1. The molecule has 1 fully saturated rings. The number of ether oxygens (including phenoxy) is 1.